The van der Waals surface area contributed by atoms with Gasteiger partial charge in [0.2, 0.25) is 0 Å². The molecule has 0 radical (unpaired) electrons. The number of carbonyl (C=O) groups is 1. The number of halogens is 4. The van der Waals surface area contributed by atoms with E-state index in [-0.39, 0.29) is 22.3 Å². The van der Waals surface area contributed by atoms with E-state index in [1.54, 1.807) is 6.07 Å². The molecule has 0 aliphatic heterocycles. The Morgan fingerprint density at radius 1 is 1.42 bits per heavy atom. The zero-order valence-corrected chi connectivity index (χ0v) is 10.6. The van der Waals surface area contributed by atoms with E-state index in [2.05, 4.69) is 0 Å². The summed E-state index contributed by atoms with van der Waals surface area (Å²) >= 11 is 5.86. The lowest BCUT2D eigenvalue weighted by molar-refractivity contribution is -0.141. The number of alkyl halides is 3. The molecule has 1 aliphatic rings. The number of nitrogens with zero attached hydrogens (tertiary/aromatic N) is 1. The Balaban J connectivity index is 2.29. The fourth-order valence-electron chi connectivity index (χ4n) is 1.86. The molecular formula is C12H12ClF3N2O. The first-order chi connectivity index (χ1) is 8.79. The summed E-state index contributed by atoms with van der Waals surface area (Å²) in [6, 6.07) is 4.05. The summed E-state index contributed by atoms with van der Waals surface area (Å²) in [5, 5.41) is 0.0674. The Morgan fingerprint density at radius 2 is 2.05 bits per heavy atom. The summed E-state index contributed by atoms with van der Waals surface area (Å²) in [6.45, 7) is -1.28. The molecule has 0 aromatic heterocycles. The van der Waals surface area contributed by atoms with Gasteiger partial charge >= 0.3 is 6.18 Å². The first-order valence-corrected chi connectivity index (χ1v) is 6.09. The minimum atomic E-state index is -4.44. The fraction of sp³-hybridized carbons (Fsp3) is 0.417. The van der Waals surface area contributed by atoms with Crippen molar-refractivity contribution in [2.45, 2.75) is 25.1 Å². The van der Waals surface area contributed by atoms with Crippen molar-refractivity contribution in [1.29, 1.82) is 0 Å². The Kier molecular flexibility index (Phi) is 3.62. The molecule has 1 aromatic carbocycles. The minimum Gasteiger partial charge on any atom is -0.398 e. The normalized spacial score (nSPS) is 15.4. The maximum Gasteiger partial charge on any atom is 0.406 e. The third-order valence-corrected chi connectivity index (χ3v) is 3.17. The van der Waals surface area contributed by atoms with Crippen LogP contribution in [0, 0.1) is 0 Å². The second-order valence-electron chi connectivity index (χ2n) is 4.48. The number of hydrogen-bond acceptors (Lipinski definition) is 2. The maximum atomic E-state index is 12.5. The van der Waals surface area contributed by atoms with Gasteiger partial charge in [-0.15, -0.1) is 0 Å². The molecule has 0 atom stereocenters. The molecule has 1 aromatic rings. The first-order valence-electron chi connectivity index (χ1n) is 5.71. The molecule has 0 heterocycles. The van der Waals surface area contributed by atoms with Crippen molar-refractivity contribution in [3.63, 3.8) is 0 Å². The lowest BCUT2D eigenvalue weighted by Gasteiger charge is -2.24. The van der Waals surface area contributed by atoms with Gasteiger partial charge in [0.15, 0.2) is 0 Å². The summed E-state index contributed by atoms with van der Waals surface area (Å²) in [4.78, 5) is 13.0. The number of anilines is 1. The largest absolute Gasteiger partial charge is 0.406 e. The molecule has 7 heteroatoms. The molecule has 2 rings (SSSR count). The van der Waals surface area contributed by atoms with Gasteiger partial charge < -0.3 is 10.6 Å². The van der Waals surface area contributed by atoms with E-state index >= 15 is 0 Å². The Bertz CT molecular complexity index is 480. The summed E-state index contributed by atoms with van der Waals surface area (Å²) in [5.41, 5.74) is 5.66. The van der Waals surface area contributed by atoms with E-state index in [0.29, 0.717) is 12.8 Å². The molecule has 0 spiro atoms. The molecule has 2 N–H and O–H groups in total. The number of carbonyl (C=O) groups excluding carboxylic acids is 1. The highest BCUT2D eigenvalue weighted by Crippen LogP contribution is 2.33. The van der Waals surface area contributed by atoms with E-state index in [0.717, 1.165) is 4.90 Å². The van der Waals surface area contributed by atoms with E-state index in [9.17, 15) is 18.0 Å². The summed E-state index contributed by atoms with van der Waals surface area (Å²) in [6.07, 6.45) is -3.29. The lowest BCUT2D eigenvalue weighted by atomic mass is 10.1. The maximum absolute atomic E-state index is 12.5. The van der Waals surface area contributed by atoms with E-state index < -0.39 is 18.6 Å². The van der Waals surface area contributed by atoms with Crippen LogP contribution in [0.4, 0.5) is 18.9 Å². The van der Waals surface area contributed by atoms with Crippen LogP contribution in [-0.2, 0) is 0 Å². The van der Waals surface area contributed by atoms with Gasteiger partial charge in [-0.25, -0.2) is 0 Å². The van der Waals surface area contributed by atoms with Crippen molar-refractivity contribution >= 4 is 23.2 Å². The van der Waals surface area contributed by atoms with Crippen LogP contribution in [-0.4, -0.2) is 29.6 Å². The van der Waals surface area contributed by atoms with Crippen LogP contribution in [0.25, 0.3) is 0 Å². The number of rotatable bonds is 3. The van der Waals surface area contributed by atoms with Crippen molar-refractivity contribution in [3.8, 4) is 0 Å². The Labute approximate surface area is 113 Å². The summed E-state index contributed by atoms with van der Waals surface area (Å²) < 4.78 is 37.5. The standard InChI is InChI=1S/C12H12ClF3N2O/c13-8-2-1-3-9(17)10(8)11(19)18(7-4-5-7)6-12(14,15)16/h1-3,7H,4-6,17H2. The monoisotopic (exact) mass is 292 g/mol. The van der Waals surface area contributed by atoms with Gasteiger partial charge in [0, 0.05) is 11.7 Å². The smallest absolute Gasteiger partial charge is 0.398 e. The molecule has 0 unspecified atom stereocenters. The SMILES string of the molecule is Nc1cccc(Cl)c1C(=O)N(CC(F)(F)F)C1CC1. The topological polar surface area (TPSA) is 46.3 Å². The van der Waals surface area contributed by atoms with Crippen LogP contribution >= 0.6 is 11.6 Å². The number of hydrogen-bond donors (Lipinski definition) is 1. The second kappa shape index (κ2) is 4.92. The average molecular weight is 293 g/mol. The van der Waals surface area contributed by atoms with Crippen molar-refractivity contribution in [2.75, 3.05) is 12.3 Å². The minimum absolute atomic E-state index is 0.0553. The van der Waals surface area contributed by atoms with E-state index in [1.165, 1.54) is 12.1 Å². The molecule has 1 amide bonds. The van der Waals surface area contributed by atoms with Gasteiger partial charge in [-0.3, -0.25) is 4.79 Å². The van der Waals surface area contributed by atoms with Gasteiger partial charge in [-0.05, 0) is 25.0 Å². The zero-order chi connectivity index (χ0) is 14.2. The number of benzene rings is 1. The highest BCUT2D eigenvalue weighted by atomic mass is 35.5. The van der Waals surface area contributed by atoms with Gasteiger partial charge in [0.05, 0.1) is 10.6 Å². The van der Waals surface area contributed by atoms with E-state index in [4.69, 9.17) is 17.3 Å². The van der Waals surface area contributed by atoms with E-state index in [1.807, 2.05) is 0 Å². The van der Waals surface area contributed by atoms with Crippen LogP contribution in [0.5, 0.6) is 0 Å². The van der Waals surface area contributed by atoms with Gasteiger partial charge in [-0.1, -0.05) is 17.7 Å². The van der Waals surface area contributed by atoms with Crippen molar-refractivity contribution in [3.05, 3.63) is 28.8 Å². The number of nitrogens with two attached hydrogens (primary N) is 1. The summed E-state index contributed by atoms with van der Waals surface area (Å²) in [5.74, 6) is -0.761. The average Bonchev–Trinajstić information content (AvgIpc) is 3.08. The van der Waals surface area contributed by atoms with Crippen molar-refractivity contribution < 1.29 is 18.0 Å². The lowest BCUT2D eigenvalue weighted by Crippen LogP contribution is -2.40. The fourth-order valence-corrected chi connectivity index (χ4v) is 2.12. The van der Waals surface area contributed by atoms with Gasteiger partial charge in [-0.2, -0.15) is 13.2 Å². The number of nitrogen functional groups attached to an aromatic ring is 1. The molecule has 3 nitrogen and oxygen atoms in total. The zero-order valence-electron chi connectivity index (χ0n) is 9.88. The highest BCUT2D eigenvalue weighted by Gasteiger charge is 2.41. The van der Waals surface area contributed by atoms with Crippen LogP contribution in [0.1, 0.15) is 23.2 Å². The summed E-state index contributed by atoms with van der Waals surface area (Å²) in [7, 11) is 0. The third kappa shape index (κ3) is 3.32. The van der Waals surface area contributed by atoms with Crippen LogP contribution in [0.2, 0.25) is 5.02 Å². The molecule has 104 valence electrons. The molecule has 0 saturated heterocycles. The Morgan fingerprint density at radius 3 is 2.53 bits per heavy atom. The van der Waals surface area contributed by atoms with Gasteiger partial charge in [0.25, 0.3) is 5.91 Å². The molecule has 1 fully saturated rings. The predicted octanol–water partition coefficient (Wildman–Crippen LogP) is 3.09. The quantitative estimate of drug-likeness (QED) is 0.870. The van der Waals surface area contributed by atoms with Crippen molar-refractivity contribution in [1.82, 2.24) is 4.90 Å². The third-order valence-electron chi connectivity index (χ3n) is 2.86. The molecule has 0 bridgehead atoms. The molecule has 1 aliphatic carbocycles. The Hall–Kier alpha value is -1.43. The van der Waals surface area contributed by atoms with Crippen molar-refractivity contribution in [2.24, 2.45) is 0 Å². The predicted molar refractivity (Wildman–Crippen MR) is 66.0 cm³/mol. The molecule has 1 saturated carbocycles. The highest BCUT2D eigenvalue weighted by molar-refractivity contribution is 6.34. The second-order valence-corrected chi connectivity index (χ2v) is 4.89. The first kappa shape index (κ1) is 14.0. The van der Waals surface area contributed by atoms with Gasteiger partial charge in [0.1, 0.15) is 6.54 Å². The number of amides is 1. The van der Waals surface area contributed by atoms with Crippen LogP contribution in [0.15, 0.2) is 18.2 Å². The molecular weight excluding hydrogens is 281 g/mol. The molecule has 19 heavy (non-hydrogen) atoms. The van der Waals surface area contributed by atoms with Crippen LogP contribution < -0.4 is 5.73 Å². The van der Waals surface area contributed by atoms with Crippen LogP contribution in [0.3, 0.4) is 0 Å².